The maximum Gasteiger partial charge on any atom is 0.303 e. The summed E-state index contributed by atoms with van der Waals surface area (Å²) in [5, 5.41) is 8.61. The summed E-state index contributed by atoms with van der Waals surface area (Å²) in [4.78, 5) is 14.7. The second-order valence-corrected chi connectivity index (χ2v) is 4.14. The number of pyridine rings is 1. The molecule has 92 valence electrons. The zero-order valence-electron chi connectivity index (χ0n) is 9.63. The molecule has 1 aromatic heterocycles. The molecule has 0 spiro atoms. The summed E-state index contributed by atoms with van der Waals surface area (Å²) in [6.07, 6.45) is 2.04. The van der Waals surface area contributed by atoms with E-state index in [0.717, 1.165) is 0 Å². The van der Waals surface area contributed by atoms with Crippen molar-refractivity contribution in [2.75, 3.05) is 6.61 Å². The van der Waals surface area contributed by atoms with Gasteiger partial charge in [0.1, 0.15) is 0 Å². The Hall–Kier alpha value is -1.46. The van der Waals surface area contributed by atoms with Gasteiger partial charge in [0.05, 0.1) is 18.4 Å². The van der Waals surface area contributed by atoms with Crippen molar-refractivity contribution in [3.63, 3.8) is 0 Å². The lowest BCUT2D eigenvalue weighted by atomic mass is 10.2. The first-order valence-corrected chi connectivity index (χ1v) is 5.55. The van der Waals surface area contributed by atoms with E-state index in [0.29, 0.717) is 18.7 Å². The molecule has 2 rings (SSSR count). The molecule has 5 nitrogen and oxygen atoms in total. The molecule has 2 unspecified atom stereocenters. The number of hydrogen-bond acceptors (Lipinski definition) is 4. The standard InChI is InChI=1S/C12H15NO4/c1-12(10-4-2-3-7-13-10)16-8-9(17-12)5-6-11(14)15/h2-4,7,9H,5-6,8H2,1H3,(H,14,15). The highest BCUT2D eigenvalue weighted by Gasteiger charge is 2.39. The van der Waals surface area contributed by atoms with Gasteiger partial charge in [-0.25, -0.2) is 0 Å². The van der Waals surface area contributed by atoms with E-state index in [-0.39, 0.29) is 12.5 Å². The van der Waals surface area contributed by atoms with E-state index in [1.54, 1.807) is 13.1 Å². The maximum atomic E-state index is 10.5. The van der Waals surface area contributed by atoms with Gasteiger partial charge in [-0.2, -0.15) is 0 Å². The molecule has 0 bridgehead atoms. The molecule has 0 aromatic carbocycles. The van der Waals surface area contributed by atoms with Crippen LogP contribution in [0.3, 0.4) is 0 Å². The van der Waals surface area contributed by atoms with Crippen LogP contribution >= 0.6 is 0 Å². The van der Waals surface area contributed by atoms with Crippen molar-refractivity contribution in [1.29, 1.82) is 0 Å². The van der Waals surface area contributed by atoms with Gasteiger partial charge in [-0.1, -0.05) is 6.07 Å². The van der Waals surface area contributed by atoms with Gasteiger partial charge in [0.2, 0.25) is 5.79 Å². The third-order valence-electron chi connectivity index (χ3n) is 2.75. The molecule has 1 saturated heterocycles. The topological polar surface area (TPSA) is 68.7 Å². The second kappa shape index (κ2) is 4.81. The number of carbonyl (C=O) groups is 1. The fourth-order valence-electron chi connectivity index (χ4n) is 1.83. The van der Waals surface area contributed by atoms with Gasteiger partial charge in [0.15, 0.2) is 0 Å². The van der Waals surface area contributed by atoms with Crippen molar-refractivity contribution in [3.05, 3.63) is 30.1 Å². The number of nitrogens with zero attached hydrogens (tertiary/aromatic N) is 1. The summed E-state index contributed by atoms with van der Waals surface area (Å²) in [6, 6.07) is 5.52. The third kappa shape index (κ3) is 2.81. The zero-order valence-corrected chi connectivity index (χ0v) is 9.63. The Morgan fingerprint density at radius 2 is 2.47 bits per heavy atom. The molecular weight excluding hydrogens is 222 g/mol. The summed E-state index contributed by atoms with van der Waals surface area (Å²) in [5.74, 6) is -1.68. The van der Waals surface area contributed by atoms with Gasteiger partial charge in [0, 0.05) is 12.6 Å². The number of ether oxygens (including phenoxy) is 2. The first kappa shape index (κ1) is 12.0. The van der Waals surface area contributed by atoms with E-state index >= 15 is 0 Å². The van der Waals surface area contributed by atoms with Gasteiger partial charge in [-0.05, 0) is 25.5 Å². The minimum atomic E-state index is -0.857. The van der Waals surface area contributed by atoms with Crippen molar-refractivity contribution in [1.82, 2.24) is 4.98 Å². The number of rotatable bonds is 4. The molecule has 1 N–H and O–H groups in total. The molecule has 17 heavy (non-hydrogen) atoms. The van der Waals surface area contributed by atoms with Crippen LogP contribution in [-0.2, 0) is 20.1 Å². The quantitative estimate of drug-likeness (QED) is 0.860. The summed E-state index contributed by atoms with van der Waals surface area (Å²) >= 11 is 0. The van der Waals surface area contributed by atoms with Crippen molar-refractivity contribution < 1.29 is 19.4 Å². The summed E-state index contributed by atoms with van der Waals surface area (Å²) in [7, 11) is 0. The van der Waals surface area contributed by atoms with Gasteiger partial charge < -0.3 is 14.6 Å². The highest BCUT2D eigenvalue weighted by molar-refractivity contribution is 5.66. The molecular formula is C12H15NO4. The SMILES string of the molecule is CC1(c2ccccn2)OCC(CCC(=O)O)O1. The van der Waals surface area contributed by atoms with Gasteiger partial charge in [-0.3, -0.25) is 9.78 Å². The maximum absolute atomic E-state index is 10.5. The lowest BCUT2D eigenvalue weighted by Crippen LogP contribution is -2.25. The first-order chi connectivity index (χ1) is 8.10. The Labute approximate surface area is 99.4 Å². The number of carboxylic acid groups (broad SMARTS) is 1. The largest absolute Gasteiger partial charge is 0.481 e. The zero-order chi connectivity index (χ0) is 12.3. The van der Waals surface area contributed by atoms with Crippen LogP contribution < -0.4 is 0 Å². The fourth-order valence-corrected chi connectivity index (χ4v) is 1.83. The highest BCUT2D eigenvalue weighted by Crippen LogP contribution is 2.33. The number of aliphatic carboxylic acids is 1. The summed E-state index contributed by atoms with van der Waals surface area (Å²) in [5.41, 5.74) is 0.706. The smallest absolute Gasteiger partial charge is 0.303 e. The molecule has 1 aliphatic rings. The highest BCUT2D eigenvalue weighted by atomic mass is 16.7. The van der Waals surface area contributed by atoms with Gasteiger partial charge in [0.25, 0.3) is 0 Å². The van der Waals surface area contributed by atoms with E-state index in [4.69, 9.17) is 14.6 Å². The molecule has 2 heterocycles. The Morgan fingerprint density at radius 1 is 1.65 bits per heavy atom. The Bertz CT molecular complexity index is 395. The third-order valence-corrected chi connectivity index (χ3v) is 2.75. The molecule has 1 aliphatic heterocycles. The molecule has 2 atom stereocenters. The van der Waals surface area contributed by atoms with Gasteiger partial charge in [-0.15, -0.1) is 0 Å². The van der Waals surface area contributed by atoms with Crippen molar-refractivity contribution >= 4 is 5.97 Å². The minimum Gasteiger partial charge on any atom is -0.481 e. The van der Waals surface area contributed by atoms with E-state index in [2.05, 4.69) is 4.98 Å². The number of carboxylic acids is 1. The average Bonchev–Trinajstić information content (AvgIpc) is 2.71. The normalized spacial score (nSPS) is 28.2. The van der Waals surface area contributed by atoms with Crippen molar-refractivity contribution in [2.24, 2.45) is 0 Å². The summed E-state index contributed by atoms with van der Waals surface area (Å²) in [6.45, 7) is 2.20. The fraction of sp³-hybridized carbons (Fsp3) is 0.500. The first-order valence-electron chi connectivity index (χ1n) is 5.55. The number of hydrogen-bond donors (Lipinski definition) is 1. The van der Waals surface area contributed by atoms with Crippen LogP contribution in [0.4, 0.5) is 0 Å². The van der Waals surface area contributed by atoms with E-state index in [1.165, 1.54) is 0 Å². The van der Waals surface area contributed by atoms with E-state index in [9.17, 15) is 4.79 Å². The minimum absolute atomic E-state index is 0.0896. The number of aromatic nitrogens is 1. The molecule has 0 saturated carbocycles. The van der Waals surface area contributed by atoms with Crippen LogP contribution in [-0.4, -0.2) is 28.8 Å². The van der Waals surface area contributed by atoms with Gasteiger partial charge >= 0.3 is 5.97 Å². The second-order valence-electron chi connectivity index (χ2n) is 4.14. The molecule has 1 fully saturated rings. The molecule has 5 heteroatoms. The predicted molar refractivity (Wildman–Crippen MR) is 59.3 cm³/mol. The van der Waals surface area contributed by atoms with E-state index < -0.39 is 11.8 Å². The van der Waals surface area contributed by atoms with Crippen LogP contribution in [0.15, 0.2) is 24.4 Å². The van der Waals surface area contributed by atoms with Crippen LogP contribution in [0.25, 0.3) is 0 Å². The Morgan fingerprint density at radius 3 is 3.12 bits per heavy atom. The Kier molecular flexibility index (Phi) is 3.40. The van der Waals surface area contributed by atoms with Crippen LogP contribution in [0.5, 0.6) is 0 Å². The molecule has 0 aliphatic carbocycles. The molecule has 0 radical (unpaired) electrons. The van der Waals surface area contributed by atoms with Crippen LogP contribution in [0.2, 0.25) is 0 Å². The average molecular weight is 237 g/mol. The van der Waals surface area contributed by atoms with Crippen LogP contribution in [0.1, 0.15) is 25.5 Å². The van der Waals surface area contributed by atoms with E-state index in [1.807, 2.05) is 18.2 Å². The monoisotopic (exact) mass is 237 g/mol. The van der Waals surface area contributed by atoms with Crippen molar-refractivity contribution in [3.8, 4) is 0 Å². The predicted octanol–water partition coefficient (Wildman–Crippen LogP) is 1.53. The van der Waals surface area contributed by atoms with Crippen molar-refractivity contribution in [2.45, 2.75) is 31.7 Å². The Balaban J connectivity index is 1.99. The lowest BCUT2D eigenvalue weighted by Gasteiger charge is -2.22. The molecule has 0 amide bonds. The lowest BCUT2D eigenvalue weighted by molar-refractivity contribution is -0.166. The molecule has 1 aromatic rings. The summed E-state index contributed by atoms with van der Waals surface area (Å²) < 4.78 is 11.3. The van der Waals surface area contributed by atoms with Crippen LogP contribution in [0, 0.1) is 0 Å².